The summed E-state index contributed by atoms with van der Waals surface area (Å²) in [5.74, 6) is 0. The van der Waals surface area contributed by atoms with Crippen LogP contribution in [-0.4, -0.2) is 18.5 Å². The molecule has 0 aliphatic heterocycles. The summed E-state index contributed by atoms with van der Waals surface area (Å²) in [7, 11) is -0.768. The monoisotopic (exact) mass is 270 g/mol. The van der Waals surface area contributed by atoms with E-state index in [1.54, 1.807) is 0 Å². The van der Waals surface area contributed by atoms with Crippen molar-refractivity contribution >= 4 is 7.26 Å². The molecule has 1 rings (SSSR count). The van der Waals surface area contributed by atoms with E-state index < -0.39 is 7.26 Å². The number of halogens is 1. The van der Waals surface area contributed by atoms with Crippen molar-refractivity contribution in [1.29, 1.82) is 0 Å². The Kier molecular flexibility index (Phi) is 8.56. The zero-order valence-electron chi connectivity index (χ0n) is 11.0. The Morgan fingerprint density at radius 3 is 2.18 bits per heavy atom. The maximum Gasteiger partial charge on any atom is 0.0842 e. The van der Waals surface area contributed by atoms with E-state index in [1.807, 2.05) is 0 Å². The fourth-order valence-corrected chi connectivity index (χ4v) is 5.58. The fraction of sp³-hybridized carbons (Fsp3) is 0.467. The van der Waals surface area contributed by atoms with Gasteiger partial charge in [-0.3, -0.25) is 0 Å². The van der Waals surface area contributed by atoms with Gasteiger partial charge >= 0.3 is 0 Å². The maximum atomic E-state index is 3.86. The summed E-state index contributed by atoms with van der Waals surface area (Å²) in [6.45, 7) is 8.59. The molecule has 0 saturated heterocycles. The molecule has 0 unspecified atom stereocenters. The fourth-order valence-electron chi connectivity index (χ4n) is 2.18. The Labute approximate surface area is 113 Å². The highest BCUT2D eigenvalue weighted by Gasteiger charge is 2.32. The standard InChI is InChI=1S/C15H24P.ClH/c1-4-7-13-16(5-2,6-3)14-15-11-9-8-10-12-15;/h4,8-12H,1,5-7,13-14H2,2-3H3;1H/q+1;/p-1. The third-order valence-electron chi connectivity index (χ3n) is 3.51. The predicted molar refractivity (Wildman–Crippen MR) is 77.8 cm³/mol. The van der Waals surface area contributed by atoms with E-state index in [-0.39, 0.29) is 12.4 Å². The van der Waals surface area contributed by atoms with Crippen LogP contribution in [0.25, 0.3) is 0 Å². The largest absolute Gasteiger partial charge is 1.00 e. The number of rotatable bonds is 7. The second kappa shape index (κ2) is 8.72. The van der Waals surface area contributed by atoms with Crippen LogP contribution < -0.4 is 12.4 Å². The first kappa shape index (κ1) is 16.7. The molecule has 0 saturated carbocycles. The zero-order valence-corrected chi connectivity index (χ0v) is 12.7. The van der Waals surface area contributed by atoms with E-state index in [0.29, 0.717) is 0 Å². The summed E-state index contributed by atoms with van der Waals surface area (Å²) in [5, 5.41) is 0. The predicted octanol–water partition coefficient (Wildman–Crippen LogP) is 1.82. The second-order valence-electron chi connectivity index (χ2n) is 4.42. The normalized spacial score (nSPS) is 10.7. The quantitative estimate of drug-likeness (QED) is 0.524. The Balaban J connectivity index is 0.00000256. The van der Waals surface area contributed by atoms with Gasteiger partial charge in [0.05, 0.1) is 24.6 Å². The average molecular weight is 271 g/mol. The number of benzene rings is 1. The number of allylic oxidation sites excluding steroid dienone is 1. The van der Waals surface area contributed by atoms with Crippen molar-refractivity contribution in [3.63, 3.8) is 0 Å². The Morgan fingerprint density at radius 2 is 1.71 bits per heavy atom. The highest BCUT2D eigenvalue weighted by atomic mass is 35.5. The van der Waals surface area contributed by atoms with Crippen LogP contribution in [0.1, 0.15) is 25.8 Å². The summed E-state index contributed by atoms with van der Waals surface area (Å²) in [4.78, 5) is 0. The molecule has 0 spiro atoms. The lowest BCUT2D eigenvalue weighted by Crippen LogP contribution is -3.00. The first-order valence-corrected chi connectivity index (χ1v) is 8.79. The molecule has 0 N–H and O–H groups in total. The van der Waals surface area contributed by atoms with Crippen LogP contribution >= 0.6 is 7.26 Å². The molecule has 0 bridgehead atoms. The van der Waals surface area contributed by atoms with Gasteiger partial charge in [-0.1, -0.05) is 36.4 Å². The number of hydrogen-bond donors (Lipinski definition) is 0. The van der Waals surface area contributed by atoms with Gasteiger partial charge in [0.25, 0.3) is 0 Å². The minimum atomic E-state index is -0.768. The van der Waals surface area contributed by atoms with Gasteiger partial charge in [0.1, 0.15) is 0 Å². The molecule has 0 atom stereocenters. The van der Waals surface area contributed by atoms with Crippen molar-refractivity contribution < 1.29 is 12.4 Å². The molecule has 96 valence electrons. The molecule has 1 aromatic rings. The molecular formula is C15H24ClP. The van der Waals surface area contributed by atoms with Crippen LogP contribution in [-0.2, 0) is 6.16 Å². The summed E-state index contributed by atoms with van der Waals surface area (Å²) < 4.78 is 0. The van der Waals surface area contributed by atoms with Crippen LogP contribution in [0.3, 0.4) is 0 Å². The zero-order chi connectivity index (χ0) is 11.9. The Morgan fingerprint density at radius 1 is 1.12 bits per heavy atom. The van der Waals surface area contributed by atoms with E-state index in [1.165, 1.54) is 36.6 Å². The van der Waals surface area contributed by atoms with E-state index in [0.717, 1.165) is 0 Å². The molecular weight excluding hydrogens is 247 g/mol. The van der Waals surface area contributed by atoms with Gasteiger partial charge in [0.15, 0.2) is 0 Å². The van der Waals surface area contributed by atoms with Crippen molar-refractivity contribution in [2.45, 2.75) is 26.4 Å². The third kappa shape index (κ3) is 5.23. The smallest absolute Gasteiger partial charge is 0.0842 e. The highest BCUT2D eigenvalue weighted by Crippen LogP contribution is 2.61. The maximum absolute atomic E-state index is 3.86. The third-order valence-corrected chi connectivity index (χ3v) is 8.44. The molecule has 0 aliphatic carbocycles. The molecule has 0 fully saturated rings. The lowest BCUT2D eigenvalue weighted by Gasteiger charge is -2.24. The molecule has 0 heterocycles. The molecule has 1 aromatic carbocycles. The van der Waals surface area contributed by atoms with E-state index in [2.05, 4.69) is 56.8 Å². The lowest BCUT2D eigenvalue weighted by atomic mass is 10.2. The second-order valence-corrected chi connectivity index (χ2v) is 9.13. The summed E-state index contributed by atoms with van der Waals surface area (Å²) in [6.07, 6.45) is 8.68. The SMILES string of the molecule is C=CCC[P+](CC)(CC)Cc1ccccc1.[Cl-]. The minimum absolute atomic E-state index is 0. The minimum Gasteiger partial charge on any atom is -1.00 e. The van der Waals surface area contributed by atoms with E-state index >= 15 is 0 Å². The molecule has 0 aromatic heterocycles. The molecule has 0 radical (unpaired) electrons. The van der Waals surface area contributed by atoms with E-state index in [9.17, 15) is 0 Å². The van der Waals surface area contributed by atoms with Crippen LogP contribution in [0.15, 0.2) is 43.0 Å². The molecule has 0 amide bonds. The molecule has 2 heteroatoms. The number of hydrogen-bond acceptors (Lipinski definition) is 0. The van der Waals surface area contributed by atoms with Gasteiger partial charge in [0.2, 0.25) is 0 Å². The first-order valence-electron chi connectivity index (χ1n) is 6.26. The van der Waals surface area contributed by atoms with Crippen molar-refractivity contribution in [2.75, 3.05) is 18.5 Å². The van der Waals surface area contributed by atoms with Crippen LogP contribution in [0, 0.1) is 0 Å². The van der Waals surface area contributed by atoms with Crippen LogP contribution in [0.4, 0.5) is 0 Å². The van der Waals surface area contributed by atoms with Crippen molar-refractivity contribution in [3.8, 4) is 0 Å². The topological polar surface area (TPSA) is 0 Å². The summed E-state index contributed by atoms with van der Waals surface area (Å²) in [5.41, 5.74) is 1.52. The van der Waals surface area contributed by atoms with Crippen LogP contribution in [0.5, 0.6) is 0 Å². The van der Waals surface area contributed by atoms with Gasteiger partial charge in [-0.2, -0.15) is 0 Å². The van der Waals surface area contributed by atoms with Gasteiger partial charge in [-0.15, -0.1) is 6.58 Å². The van der Waals surface area contributed by atoms with Crippen molar-refractivity contribution in [3.05, 3.63) is 48.6 Å². The molecule has 0 aliphatic rings. The lowest BCUT2D eigenvalue weighted by molar-refractivity contribution is -0.00000353. The Hall–Kier alpha value is -0.320. The van der Waals surface area contributed by atoms with Gasteiger partial charge in [-0.25, -0.2) is 0 Å². The van der Waals surface area contributed by atoms with Crippen molar-refractivity contribution in [1.82, 2.24) is 0 Å². The van der Waals surface area contributed by atoms with Crippen LogP contribution in [0.2, 0.25) is 0 Å². The Bertz CT molecular complexity index is 304. The van der Waals surface area contributed by atoms with E-state index in [4.69, 9.17) is 0 Å². The van der Waals surface area contributed by atoms with Gasteiger partial charge in [-0.05, 0) is 25.8 Å². The molecule has 0 nitrogen and oxygen atoms in total. The average Bonchev–Trinajstić information content (AvgIpc) is 2.36. The summed E-state index contributed by atoms with van der Waals surface area (Å²) in [6, 6.07) is 11.0. The van der Waals surface area contributed by atoms with Crippen molar-refractivity contribution in [2.24, 2.45) is 0 Å². The van der Waals surface area contributed by atoms with Gasteiger partial charge < -0.3 is 12.4 Å². The first-order chi connectivity index (χ1) is 7.76. The highest BCUT2D eigenvalue weighted by molar-refractivity contribution is 7.75. The molecule has 17 heavy (non-hydrogen) atoms. The van der Waals surface area contributed by atoms with Gasteiger partial charge in [0, 0.05) is 7.26 Å². The summed E-state index contributed by atoms with van der Waals surface area (Å²) >= 11 is 0.